The van der Waals surface area contributed by atoms with Crippen molar-refractivity contribution in [3.05, 3.63) is 23.4 Å². The second-order valence-electron chi connectivity index (χ2n) is 5.71. The van der Waals surface area contributed by atoms with Gasteiger partial charge in [-0.3, -0.25) is 9.59 Å². The maximum absolute atomic E-state index is 12.3. The summed E-state index contributed by atoms with van der Waals surface area (Å²) in [6, 6.07) is 3.16. The molecule has 22 heavy (non-hydrogen) atoms. The van der Waals surface area contributed by atoms with Crippen LogP contribution in [0.3, 0.4) is 0 Å². The predicted molar refractivity (Wildman–Crippen MR) is 85.4 cm³/mol. The monoisotopic (exact) mass is 324 g/mol. The van der Waals surface area contributed by atoms with Crippen molar-refractivity contribution in [2.45, 2.75) is 32.2 Å². The van der Waals surface area contributed by atoms with Gasteiger partial charge in [-0.15, -0.1) is 0 Å². The lowest BCUT2D eigenvalue weighted by Crippen LogP contribution is -2.45. The number of nitrogens with two attached hydrogens (primary N) is 1. The van der Waals surface area contributed by atoms with Crippen LogP contribution < -0.4 is 11.1 Å². The van der Waals surface area contributed by atoms with Crippen LogP contribution in [0.4, 0.5) is 5.82 Å². The SMILES string of the molecule is CC(N)CC(=O)N1CCCC(C(=O)Nc2ccc(Cl)cn2)C1. The molecular formula is C15H21ClN4O2. The molecule has 1 fully saturated rings. The summed E-state index contributed by atoms with van der Waals surface area (Å²) in [4.78, 5) is 30.1. The van der Waals surface area contributed by atoms with Crippen molar-refractivity contribution in [3.8, 4) is 0 Å². The van der Waals surface area contributed by atoms with Crippen molar-refractivity contribution in [3.63, 3.8) is 0 Å². The molecule has 2 unspecified atom stereocenters. The minimum atomic E-state index is -0.219. The summed E-state index contributed by atoms with van der Waals surface area (Å²) in [6.07, 6.45) is 3.38. The third-order valence-electron chi connectivity index (χ3n) is 3.62. The molecule has 1 saturated heterocycles. The molecule has 1 aromatic heterocycles. The molecule has 2 rings (SSSR count). The Morgan fingerprint density at radius 2 is 2.32 bits per heavy atom. The largest absolute Gasteiger partial charge is 0.342 e. The van der Waals surface area contributed by atoms with Crippen molar-refractivity contribution < 1.29 is 9.59 Å². The molecule has 0 saturated carbocycles. The van der Waals surface area contributed by atoms with Gasteiger partial charge in [0.15, 0.2) is 0 Å². The first-order valence-electron chi connectivity index (χ1n) is 7.41. The molecule has 2 heterocycles. The number of carbonyl (C=O) groups is 2. The average molecular weight is 325 g/mol. The second kappa shape index (κ2) is 7.56. The first-order valence-corrected chi connectivity index (χ1v) is 7.79. The van der Waals surface area contributed by atoms with Crippen LogP contribution in [0.1, 0.15) is 26.2 Å². The Balaban J connectivity index is 1.92. The molecule has 0 spiro atoms. The lowest BCUT2D eigenvalue weighted by molar-refractivity contribution is -0.134. The summed E-state index contributed by atoms with van der Waals surface area (Å²) < 4.78 is 0. The molecule has 0 radical (unpaired) electrons. The van der Waals surface area contributed by atoms with Crippen molar-refractivity contribution in [1.29, 1.82) is 0 Å². The van der Waals surface area contributed by atoms with Gasteiger partial charge in [-0.05, 0) is 31.9 Å². The van der Waals surface area contributed by atoms with Crippen molar-refractivity contribution in [2.24, 2.45) is 11.7 Å². The molecule has 2 amide bonds. The zero-order valence-corrected chi connectivity index (χ0v) is 13.3. The summed E-state index contributed by atoms with van der Waals surface area (Å²) in [7, 11) is 0. The first-order chi connectivity index (χ1) is 10.5. The zero-order valence-electron chi connectivity index (χ0n) is 12.6. The van der Waals surface area contributed by atoms with E-state index >= 15 is 0 Å². The number of hydrogen-bond acceptors (Lipinski definition) is 4. The summed E-state index contributed by atoms with van der Waals surface area (Å²) in [5, 5.41) is 3.28. The Kier molecular flexibility index (Phi) is 5.74. The summed E-state index contributed by atoms with van der Waals surface area (Å²) in [5.74, 6) is 0.141. The number of carbonyl (C=O) groups excluding carboxylic acids is 2. The van der Waals surface area contributed by atoms with Gasteiger partial charge in [-0.1, -0.05) is 11.6 Å². The van der Waals surface area contributed by atoms with Crippen molar-refractivity contribution in [1.82, 2.24) is 9.88 Å². The first kappa shape index (κ1) is 16.7. The zero-order chi connectivity index (χ0) is 16.1. The van der Waals surface area contributed by atoms with Gasteiger partial charge in [0.2, 0.25) is 11.8 Å². The van der Waals surface area contributed by atoms with E-state index in [-0.39, 0.29) is 23.8 Å². The minimum absolute atomic E-state index is 0.0112. The van der Waals surface area contributed by atoms with Gasteiger partial charge in [0.25, 0.3) is 0 Å². The predicted octanol–water partition coefficient (Wildman–Crippen LogP) is 1.65. The molecule has 2 atom stereocenters. The van der Waals surface area contributed by atoms with Gasteiger partial charge in [0, 0.05) is 31.7 Å². The van der Waals surface area contributed by atoms with Crippen LogP contribution in [0.15, 0.2) is 18.3 Å². The molecular weight excluding hydrogens is 304 g/mol. The van der Waals surface area contributed by atoms with Gasteiger partial charge < -0.3 is 16.0 Å². The quantitative estimate of drug-likeness (QED) is 0.881. The van der Waals surface area contributed by atoms with Crippen LogP contribution in [0.25, 0.3) is 0 Å². The third-order valence-corrected chi connectivity index (χ3v) is 3.84. The summed E-state index contributed by atoms with van der Waals surface area (Å²) in [5.41, 5.74) is 5.66. The highest BCUT2D eigenvalue weighted by molar-refractivity contribution is 6.30. The Hall–Kier alpha value is -1.66. The Bertz CT molecular complexity index is 533. The fourth-order valence-corrected chi connectivity index (χ4v) is 2.61. The number of aromatic nitrogens is 1. The van der Waals surface area contributed by atoms with Crippen LogP contribution in [0, 0.1) is 5.92 Å². The number of rotatable bonds is 4. The number of amides is 2. The number of nitrogens with zero attached hydrogens (tertiary/aromatic N) is 2. The standard InChI is InChI=1S/C15H21ClN4O2/c1-10(17)7-14(21)20-6-2-3-11(9-20)15(22)19-13-5-4-12(16)8-18-13/h4-5,8,10-11H,2-3,6-7,9,17H2,1H3,(H,18,19,22). The Morgan fingerprint density at radius 1 is 1.55 bits per heavy atom. The van der Waals surface area contributed by atoms with Gasteiger partial charge in [-0.2, -0.15) is 0 Å². The molecule has 7 heteroatoms. The van der Waals surface area contributed by atoms with E-state index in [1.807, 2.05) is 0 Å². The highest BCUT2D eigenvalue weighted by atomic mass is 35.5. The maximum Gasteiger partial charge on any atom is 0.230 e. The lowest BCUT2D eigenvalue weighted by atomic mass is 9.96. The van der Waals surface area contributed by atoms with E-state index < -0.39 is 0 Å². The molecule has 3 N–H and O–H groups in total. The molecule has 0 aromatic carbocycles. The number of pyridine rings is 1. The number of piperidine rings is 1. The van der Waals surface area contributed by atoms with Gasteiger partial charge in [0.05, 0.1) is 10.9 Å². The number of hydrogen-bond donors (Lipinski definition) is 2. The second-order valence-corrected chi connectivity index (χ2v) is 6.15. The Labute approximate surface area is 135 Å². The molecule has 1 aliphatic rings. The molecule has 120 valence electrons. The normalized spacial score (nSPS) is 19.6. The van der Waals surface area contributed by atoms with Crippen LogP contribution in [-0.4, -0.2) is 40.8 Å². The van der Waals surface area contributed by atoms with Gasteiger partial charge in [-0.25, -0.2) is 4.98 Å². The van der Waals surface area contributed by atoms with Crippen molar-refractivity contribution >= 4 is 29.2 Å². The van der Waals surface area contributed by atoms with Crippen LogP contribution in [-0.2, 0) is 9.59 Å². The van der Waals surface area contributed by atoms with E-state index in [4.69, 9.17) is 17.3 Å². The molecule has 0 aliphatic carbocycles. The molecule has 1 aromatic rings. The topological polar surface area (TPSA) is 88.3 Å². The van der Waals surface area contributed by atoms with E-state index in [2.05, 4.69) is 10.3 Å². The van der Waals surface area contributed by atoms with E-state index in [0.717, 1.165) is 12.8 Å². The highest BCUT2D eigenvalue weighted by Crippen LogP contribution is 2.19. The smallest absolute Gasteiger partial charge is 0.230 e. The molecule has 6 nitrogen and oxygen atoms in total. The minimum Gasteiger partial charge on any atom is -0.342 e. The number of likely N-dealkylation sites (tertiary alicyclic amines) is 1. The van der Waals surface area contributed by atoms with E-state index in [0.29, 0.717) is 30.4 Å². The number of nitrogens with one attached hydrogen (secondary N) is 1. The maximum atomic E-state index is 12.3. The average Bonchev–Trinajstić information content (AvgIpc) is 2.49. The lowest BCUT2D eigenvalue weighted by Gasteiger charge is -2.32. The van der Waals surface area contributed by atoms with Crippen LogP contribution in [0.5, 0.6) is 0 Å². The van der Waals surface area contributed by atoms with E-state index in [1.165, 1.54) is 6.20 Å². The van der Waals surface area contributed by atoms with Crippen LogP contribution >= 0.6 is 11.6 Å². The van der Waals surface area contributed by atoms with Gasteiger partial charge >= 0.3 is 0 Å². The van der Waals surface area contributed by atoms with Crippen molar-refractivity contribution in [2.75, 3.05) is 18.4 Å². The fourth-order valence-electron chi connectivity index (χ4n) is 2.50. The number of halogens is 1. The molecule has 1 aliphatic heterocycles. The van der Waals surface area contributed by atoms with Crippen LogP contribution in [0.2, 0.25) is 5.02 Å². The highest BCUT2D eigenvalue weighted by Gasteiger charge is 2.28. The fraction of sp³-hybridized carbons (Fsp3) is 0.533. The van der Waals surface area contributed by atoms with E-state index in [9.17, 15) is 9.59 Å². The van der Waals surface area contributed by atoms with E-state index in [1.54, 1.807) is 24.0 Å². The Morgan fingerprint density at radius 3 is 2.95 bits per heavy atom. The summed E-state index contributed by atoms with van der Waals surface area (Å²) >= 11 is 5.76. The van der Waals surface area contributed by atoms with Gasteiger partial charge in [0.1, 0.15) is 5.82 Å². The third kappa shape index (κ3) is 4.68. The molecule has 0 bridgehead atoms. The summed E-state index contributed by atoms with van der Waals surface area (Å²) in [6.45, 7) is 2.93. The number of anilines is 1.